The van der Waals surface area contributed by atoms with Gasteiger partial charge in [0.15, 0.2) is 5.76 Å². The molecule has 0 unspecified atom stereocenters. The summed E-state index contributed by atoms with van der Waals surface area (Å²) in [6.07, 6.45) is 1.53. The Morgan fingerprint density at radius 3 is 2.39 bits per heavy atom. The highest BCUT2D eigenvalue weighted by atomic mass is 32.2. The van der Waals surface area contributed by atoms with E-state index in [-0.39, 0.29) is 4.21 Å². The summed E-state index contributed by atoms with van der Waals surface area (Å²) in [7, 11) is -3.63. The first-order valence-electron chi connectivity index (χ1n) is 6.98. The van der Waals surface area contributed by atoms with E-state index in [1.807, 2.05) is 32.9 Å². The number of nitrogens with zero attached hydrogens (tertiary/aromatic N) is 1. The lowest BCUT2D eigenvalue weighted by molar-refractivity contribution is 0.433. The van der Waals surface area contributed by atoms with Crippen LogP contribution in [-0.2, 0) is 10.0 Å². The second-order valence-electron chi connectivity index (χ2n) is 5.37. The molecular weight excluding hydrogens is 332 g/mol. The molecule has 3 aromatic rings. The topological polar surface area (TPSA) is 72.2 Å². The molecule has 2 aromatic heterocycles. The summed E-state index contributed by atoms with van der Waals surface area (Å²) in [6.45, 7) is 5.78. The Morgan fingerprint density at radius 1 is 1.09 bits per heavy atom. The monoisotopic (exact) mass is 348 g/mol. The number of anilines is 1. The molecule has 2 heterocycles. The molecule has 0 aliphatic rings. The third-order valence-electron chi connectivity index (χ3n) is 3.44. The Hall–Kier alpha value is -2.12. The van der Waals surface area contributed by atoms with Crippen molar-refractivity contribution in [3.63, 3.8) is 0 Å². The van der Waals surface area contributed by atoms with Crippen LogP contribution >= 0.6 is 11.3 Å². The van der Waals surface area contributed by atoms with Crippen LogP contribution < -0.4 is 4.72 Å². The summed E-state index contributed by atoms with van der Waals surface area (Å²) in [5, 5.41) is 3.64. The third kappa shape index (κ3) is 3.16. The highest BCUT2D eigenvalue weighted by Gasteiger charge is 2.20. The number of nitrogens with one attached hydrogen (secondary N) is 1. The SMILES string of the molecule is Cc1cc(C)c(NS(=O)(=O)c2ccc(-c3ccno3)s2)c(C)c1. The maximum atomic E-state index is 12.6. The van der Waals surface area contributed by atoms with Crippen LogP contribution in [0.15, 0.2) is 45.3 Å². The minimum Gasteiger partial charge on any atom is -0.355 e. The molecule has 1 N–H and O–H groups in total. The summed E-state index contributed by atoms with van der Waals surface area (Å²) in [6, 6.07) is 8.90. The lowest BCUT2D eigenvalue weighted by Crippen LogP contribution is -2.13. The van der Waals surface area contributed by atoms with Crippen molar-refractivity contribution in [3.8, 4) is 10.6 Å². The molecule has 0 fully saturated rings. The van der Waals surface area contributed by atoms with E-state index in [1.54, 1.807) is 18.2 Å². The van der Waals surface area contributed by atoms with E-state index in [2.05, 4.69) is 9.88 Å². The standard InChI is InChI=1S/C16H16N2O3S2/c1-10-8-11(2)16(12(3)9-10)18-23(19,20)15-5-4-14(22-15)13-6-7-17-21-13/h4-9,18H,1-3H3. The van der Waals surface area contributed by atoms with E-state index in [0.29, 0.717) is 11.4 Å². The van der Waals surface area contributed by atoms with E-state index in [9.17, 15) is 8.42 Å². The molecule has 0 spiro atoms. The first kappa shape index (κ1) is 15.8. The summed E-state index contributed by atoms with van der Waals surface area (Å²) >= 11 is 1.15. The third-order valence-corrected chi connectivity index (χ3v) is 6.38. The number of benzene rings is 1. The quantitative estimate of drug-likeness (QED) is 0.769. The molecular formula is C16H16N2O3S2. The molecule has 0 radical (unpaired) electrons. The molecule has 0 aliphatic heterocycles. The molecule has 0 saturated heterocycles. The van der Waals surface area contributed by atoms with Gasteiger partial charge in [-0.2, -0.15) is 0 Å². The lowest BCUT2D eigenvalue weighted by Gasteiger charge is -2.13. The van der Waals surface area contributed by atoms with Crippen molar-refractivity contribution < 1.29 is 12.9 Å². The number of aromatic nitrogens is 1. The molecule has 1 aromatic carbocycles. The minimum atomic E-state index is -3.63. The zero-order valence-corrected chi connectivity index (χ0v) is 14.6. The summed E-state index contributed by atoms with van der Waals surface area (Å²) in [5.74, 6) is 0.555. The van der Waals surface area contributed by atoms with Crippen LogP contribution in [-0.4, -0.2) is 13.6 Å². The van der Waals surface area contributed by atoms with Crippen molar-refractivity contribution in [3.05, 3.63) is 53.2 Å². The molecule has 7 heteroatoms. The van der Waals surface area contributed by atoms with Crippen molar-refractivity contribution in [2.75, 3.05) is 4.72 Å². The first-order valence-corrected chi connectivity index (χ1v) is 9.28. The fraction of sp³-hybridized carbons (Fsp3) is 0.188. The van der Waals surface area contributed by atoms with Gasteiger partial charge in [0.25, 0.3) is 10.0 Å². The predicted molar refractivity (Wildman–Crippen MR) is 91.3 cm³/mol. The Balaban J connectivity index is 1.94. The lowest BCUT2D eigenvalue weighted by atomic mass is 10.1. The van der Waals surface area contributed by atoms with Crippen molar-refractivity contribution in [1.29, 1.82) is 0 Å². The second kappa shape index (κ2) is 5.82. The average molecular weight is 348 g/mol. The van der Waals surface area contributed by atoms with Gasteiger partial charge in [-0.1, -0.05) is 22.9 Å². The van der Waals surface area contributed by atoms with Gasteiger partial charge in [0.2, 0.25) is 0 Å². The smallest absolute Gasteiger partial charge is 0.271 e. The summed E-state index contributed by atoms with van der Waals surface area (Å²) < 4.78 is 33.2. The van der Waals surface area contributed by atoms with Crippen LogP contribution in [0.2, 0.25) is 0 Å². The van der Waals surface area contributed by atoms with Gasteiger partial charge in [0, 0.05) is 6.07 Å². The van der Waals surface area contributed by atoms with Crippen LogP contribution in [0.25, 0.3) is 10.6 Å². The number of aryl methyl sites for hydroxylation is 3. The number of rotatable bonds is 4. The first-order chi connectivity index (χ1) is 10.9. The van der Waals surface area contributed by atoms with Crippen LogP contribution in [0, 0.1) is 20.8 Å². The molecule has 3 rings (SSSR count). The molecule has 0 aliphatic carbocycles. The predicted octanol–water partition coefficient (Wildman–Crippen LogP) is 4.13. The van der Waals surface area contributed by atoms with Crippen molar-refractivity contribution >= 4 is 27.0 Å². The Morgan fingerprint density at radius 2 is 1.78 bits per heavy atom. The average Bonchev–Trinajstić information content (AvgIpc) is 3.13. The molecule has 23 heavy (non-hydrogen) atoms. The Labute approximate surface area is 139 Å². The van der Waals surface area contributed by atoms with Crippen LogP contribution in [0.1, 0.15) is 16.7 Å². The van der Waals surface area contributed by atoms with Gasteiger partial charge in [0.1, 0.15) is 4.21 Å². The van der Waals surface area contributed by atoms with Gasteiger partial charge in [-0.05, 0) is 44.0 Å². The Bertz CT molecular complexity index is 919. The molecule has 120 valence electrons. The van der Waals surface area contributed by atoms with Gasteiger partial charge < -0.3 is 4.52 Å². The van der Waals surface area contributed by atoms with E-state index >= 15 is 0 Å². The zero-order valence-electron chi connectivity index (χ0n) is 13.0. The second-order valence-corrected chi connectivity index (χ2v) is 8.37. The molecule has 5 nitrogen and oxygen atoms in total. The van der Waals surface area contributed by atoms with Crippen molar-refractivity contribution in [1.82, 2.24) is 5.16 Å². The fourth-order valence-electron chi connectivity index (χ4n) is 2.47. The van der Waals surface area contributed by atoms with Gasteiger partial charge in [-0.25, -0.2) is 8.42 Å². The molecule has 0 amide bonds. The van der Waals surface area contributed by atoms with Crippen molar-refractivity contribution in [2.45, 2.75) is 25.0 Å². The van der Waals surface area contributed by atoms with Crippen LogP contribution in [0.4, 0.5) is 5.69 Å². The minimum absolute atomic E-state index is 0.239. The Kier molecular flexibility index (Phi) is 3.99. The molecule has 0 saturated carbocycles. The van der Waals surface area contributed by atoms with E-state index < -0.39 is 10.0 Å². The normalized spacial score (nSPS) is 11.6. The van der Waals surface area contributed by atoms with Gasteiger partial charge in [-0.3, -0.25) is 4.72 Å². The summed E-state index contributed by atoms with van der Waals surface area (Å²) in [5.41, 5.74) is 3.54. The molecule has 0 bridgehead atoms. The van der Waals surface area contributed by atoms with E-state index in [1.165, 1.54) is 6.20 Å². The molecule has 0 atom stereocenters. The van der Waals surface area contributed by atoms with E-state index in [0.717, 1.165) is 32.9 Å². The zero-order chi connectivity index (χ0) is 16.6. The number of sulfonamides is 1. The van der Waals surface area contributed by atoms with Gasteiger partial charge >= 0.3 is 0 Å². The number of thiophene rings is 1. The van der Waals surface area contributed by atoms with Crippen LogP contribution in [0.5, 0.6) is 0 Å². The fourth-order valence-corrected chi connectivity index (χ4v) is 4.93. The number of hydrogen-bond donors (Lipinski definition) is 1. The largest absolute Gasteiger partial charge is 0.355 e. The highest BCUT2D eigenvalue weighted by molar-refractivity contribution is 7.94. The van der Waals surface area contributed by atoms with Crippen LogP contribution in [0.3, 0.4) is 0 Å². The van der Waals surface area contributed by atoms with Gasteiger partial charge in [-0.15, -0.1) is 11.3 Å². The van der Waals surface area contributed by atoms with E-state index in [4.69, 9.17) is 4.52 Å². The maximum Gasteiger partial charge on any atom is 0.271 e. The number of hydrogen-bond acceptors (Lipinski definition) is 5. The summed E-state index contributed by atoms with van der Waals surface area (Å²) in [4.78, 5) is 0.722. The van der Waals surface area contributed by atoms with Gasteiger partial charge in [0.05, 0.1) is 16.8 Å². The highest BCUT2D eigenvalue weighted by Crippen LogP contribution is 2.32. The van der Waals surface area contributed by atoms with Crippen molar-refractivity contribution in [2.24, 2.45) is 0 Å². The maximum absolute atomic E-state index is 12.6.